The second kappa shape index (κ2) is 11.0. The molecule has 0 spiro atoms. The SMILES string of the molecule is CN(CCCOc1ccc(C(C)(C)C)cc1)CCc1ccc(OC2CCN(C)C2)cc1. The predicted octanol–water partition coefficient (Wildman–Crippen LogP) is 5.01. The molecule has 1 saturated heterocycles. The zero-order valence-corrected chi connectivity index (χ0v) is 20.1. The Hall–Kier alpha value is -2.04. The number of likely N-dealkylation sites (tertiary alicyclic amines) is 1. The van der Waals surface area contributed by atoms with Crippen molar-refractivity contribution < 1.29 is 9.47 Å². The van der Waals surface area contributed by atoms with Gasteiger partial charge in [0.1, 0.15) is 17.6 Å². The number of rotatable bonds is 10. The molecule has 31 heavy (non-hydrogen) atoms. The Morgan fingerprint density at radius 1 is 0.968 bits per heavy atom. The zero-order valence-electron chi connectivity index (χ0n) is 20.1. The third-order valence-electron chi connectivity index (χ3n) is 6.03. The number of nitrogens with zero attached hydrogens (tertiary/aromatic N) is 2. The first kappa shape index (κ1) is 23.6. The van der Waals surface area contributed by atoms with Gasteiger partial charge in [-0.1, -0.05) is 45.0 Å². The highest BCUT2D eigenvalue weighted by Gasteiger charge is 2.20. The lowest BCUT2D eigenvalue weighted by Crippen LogP contribution is -2.23. The molecule has 3 rings (SSSR count). The van der Waals surface area contributed by atoms with E-state index in [1.807, 2.05) is 0 Å². The van der Waals surface area contributed by atoms with Gasteiger partial charge in [0.2, 0.25) is 0 Å². The predicted molar refractivity (Wildman–Crippen MR) is 129 cm³/mol. The van der Waals surface area contributed by atoms with Crippen LogP contribution >= 0.6 is 0 Å². The quantitative estimate of drug-likeness (QED) is 0.501. The molecule has 1 aliphatic heterocycles. The van der Waals surface area contributed by atoms with E-state index in [9.17, 15) is 0 Å². The van der Waals surface area contributed by atoms with Crippen molar-refractivity contribution in [1.82, 2.24) is 9.80 Å². The van der Waals surface area contributed by atoms with Gasteiger partial charge in [-0.05, 0) is 74.2 Å². The van der Waals surface area contributed by atoms with Crippen LogP contribution in [0.15, 0.2) is 48.5 Å². The van der Waals surface area contributed by atoms with Crippen LogP contribution in [0.5, 0.6) is 11.5 Å². The first-order valence-electron chi connectivity index (χ1n) is 11.7. The summed E-state index contributed by atoms with van der Waals surface area (Å²) in [6, 6.07) is 17.1. The van der Waals surface area contributed by atoms with Crippen LogP contribution in [0.25, 0.3) is 0 Å². The number of likely N-dealkylation sites (N-methyl/N-ethyl adjacent to an activating group) is 2. The molecule has 0 aromatic heterocycles. The van der Waals surface area contributed by atoms with Gasteiger partial charge in [0.25, 0.3) is 0 Å². The molecule has 1 aliphatic rings. The van der Waals surface area contributed by atoms with Crippen LogP contribution < -0.4 is 9.47 Å². The van der Waals surface area contributed by atoms with Gasteiger partial charge in [0.05, 0.1) is 6.61 Å². The summed E-state index contributed by atoms with van der Waals surface area (Å²) in [7, 11) is 4.34. The Labute approximate surface area is 189 Å². The van der Waals surface area contributed by atoms with Crippen molar-refractivity contribution in [3.8, 4) is 11.5 Å². The van der Waals surface area contributed by atoms with Crippen molar-refractivity contribution in [2.45, 2.75) is 51.6 Å². The lowest BCUT2D eigenvalue weighted by molar-refractivity contribution is 0.208. The normalized spacial score (nSPS) is 17.3. The maximum absolute atomic E-state index is 6.09. The summed E-state index contributed by atoms with van der Waals surface area (Å²) in [6.07, 6.45) is 3.54. The van der Waals surface area contributed by atoms with Crippen molar-refractivity contribution in [2.24, 2.45) is 0 Å². The van der Waals surface area contributed by atoms with E-state index in [2.05, 4.69) is 93.2 Å². The van der Waals surface area contributed by atoms with E-state index in [0.29, 0.717) is 6.10 Å². The summed E-state index contributed by atoms with van der Waals surface area (Å²) in [5, 5.41) is 0. The number of hydrogen-bond acceptors (Lipinski definition) is 4. The first-order chi connectivity index (χ1) is 14.8. The molecule has 2 aromatic carbocycles. The number of benzene rings is 2. The van der Waals surface area contributed by atoms with E-state index in [4.69, 9.17) is 9.47 Å². The fourth-order valence-corrected chi connectivity index (χ4v) is 3.93. The van der Waals surface area contributed by atoms with E-state index in [1.165, 1.54) is 11.1 Å². The molecule has 0 bridgehead atoms. The fourth-order valence-electron chi connectivity index (χ4n) is 3.93. The minimum absolute atomic E-state index is 0.182. The van der Waals surface area contributed by atoms with Gasteiger partial charge in [-0.15, -0.1) is 0 Å². The Balaban J connectivity index is 1.30. The highest BCUT2D eigenvalue weighted by Crippen LogP contribution is 2.24. The van der Waals surface area contributed by atoms with Crippen LogP contribution in [0.1, 0.15) is 44.7 Å². The standard InChI is InChI=1S/C27H40N2O2/c1-27(2,3)23-9-13-24(14-10-23)30-20-6-17-28(4)18-15-22-7-11-25(12-8-22)31-26-16-19-29(5)21-26/h7-14,26H,6,15-21H2,1-5H3. The van der Waals surface area contributed by atoms with Crippen molar-refractivity contribution in [3.05, 3.63) is 59.7 Å². The van der Waals surface area contributed by atoms with Crippen LogP contribution in [-0.4, -0.2) is 62.8 Å². The molecular weight excluding hydrogens is 384 g/mol. The average Bonchev–Trinajstić information content (AvgIpc) is 3.15. The third-order valence-corrected chi connectivity index (χ3v) is 6.03. The molecule has 1 fully saturated rings. The Morgan fingerprint density at radius 3 is 2.26 bits per heavy atom. The van der Waals surface area contributed by atoms with Crippen molar-refractivity contribution in [2.75, 3.05) is 46.9 Å². The van der Waals surface area contributed by atoms with Gasteiger partial charge in [-0.3, -0.25) is 0 Å². The molecule has 1 heterocycles. The first-order valence-corrected chi connectivity index (χ1v) is 11.7. The summed E-state index contributed by atoms with van der Waals surface area (Å²) < 4.78 is 12.0. The van der Waals surface area contributed by atoms with Crippen molar-refractivity contribution >= 4 is 0 Å². The summed E-state index contributed by atoms with van der Waals surface area (Å²) >= 11 is 0. The van der Waals surface area contributed by atoms with Gasteiger partial charge in [0.15, 0.2) is 0 Å². The molecule has 0 radical (unpaired) electrons. The molecule has 170 valence electrons. The van der Waals surface area contributed by atoms with Crippen molar-refractivity contribution in [3.63, 3.8) is 0 Å². The Kier molecular flexibility index (Phi) is 8.39. The monoisotopic (exact) mass is 424 g/mol. The second-order valence-electron chi connectivity index (χ2n) is 9.96. The van der Waals surface area contributed by atoms with E-state index in [1.54, 1.807) is 0 Å². The highest BCUT2D eigenvalue weighted by atomic mass is 16.5. The molecule has 0 amide bonds. The summed E-state index contributed by atoms with van der Waals surface area (Å²) in [6.45, 7) is 11.7. The maximum atomic E-state index is 6.09. The minimum Gasteiger partial charge on any atom is -0.494 e. The Morgan fingerprint density at radius 2 is 1.65 bits per heavy atom. The van der Waals surface area contributed by atoms with E-state index in [0.717, 1.165) is 63.5 Å². The van der Waals surface area contributed by atoms with Crippen molar-refractivity contribution in [1.29, 1.82) is 0 Å². The smallest absolute Gasteiger partial charge is 0.119 e. The van der Waals surface area contributed by atoms with Crippen LogP contribution in [0, 0.1) is 0 Å². The van der Waals surface area contributed by atoms with E-state index in [-0.39, 0.29) is 5.41 Å². The molecule has 4 heteroatoms. The van der Waals surface area contributed by atoms with Gasteiger partial charge >= 0.3 is 0 Å². The molecule has 1 atom stereocenters. The van der Waals surface area contributed by atoms with Gasteiger partial charge in [0, 0.05) is 26.2 Å². The van der Waals surface area contributed by atoms with E-state index < -0.39 is 0 Å². The van der Waals surface area contributed by atoms with Gasteiger partial charge < -0.3 is 19.3 Å². The fraction of sp³-hybridized carbons (Fsp3) is 0.556. The lowest BCUT2D eigenvalue weighted by atomic mass is 9.87. The number of ether oxygens (including phenoxy) is 2. The molecule has 0 N–H and O–H groups in total. The van der Waals surface area contributed by atoms with Gasteiger partial charge in [-0.2, -0.15) is 0 Å². The third kappa shape index (κ3) is 7.86. The van der Waals surface area contributed by atoms with Crippen LogP contribution in [0.4, 0.5) is 0 Å². The Bertz CT molecular complexity index is 780. The van der Waals surface area contributed by atoms with Crippen LogP contribution in [0.2, 0.25) is 0 Å². The van der Waals surface area contributed by atoms with E-state index >= 15 is 0 Å². The average molecular weight is 425 g/mol. The molecule has 1 unspecified atom stereocenters. The molecule has 2 aromatic rings. The number of hydrogen-bond donors (Lipinski definition) is 0. The largest absolute Gasteiger partial charge is 0.494 e. The van der Waals surface area contributed by atoms with Crippen LogP contribution in [0.3, 0.4) is 0 Å². The molecule has 0 saturated carbocycles. The minimum atomic E-state index is 0.182. The lowest BCUT2D eigenvalue weighted by Gasteiger charge is -2.19. The second-order valence-corrected chi connectivity index (χ2v) is 9.96. The molecular formula is C27H40N2O2. The summed E-state index contributed by atoms with van der Waals surface area (Å²) in [5.41, 5.74) is 2.88. The van der Waals surface area contributed by atoms with Gasteiger partial charge in [-0.25, -0.2) is 0 Å². The molecule has 4 nitrogen and oxygen atoms in total. The highest BCUT2D eigenvalue weighted by molar-refractivity contribution is 5.31. The zero-order chi connectivity index (χ0) is 22.3. The van der Waals surface area contributed by atoms with Crippen LogP contribution in [-0.2, 0) is 11.8 Å². The maximum Gasteiger partial charge on any atom is 0.119 e. The summed E-state index contributed by atoms with van der Waals surface area (Å²) in [5.74, 6) is 1.95. The topological polar surface area (TPSA) is 24.9 Å². The summed E-state index contributed by atoms with van der Waals surface area (Å²) in [4.78, 5) is 4.70. The molecule has 0 aliphatic carbocycles.